The number of nitrogens with zero attached hydrogens (tertiary/aromatic N) is 2. The summed E-state index contributed by atoms with van der Waals surface area (Å²) >= 11 is 3.19. The highest BCUT2D eigenvalue weighted by molar-refractivity contribution is 9.10. The van der Waals surface area contributed by atoms with E-state index in [4.69, 9.17) is 5.26 Å². The summed E-state index contributed by atoms with van der Waals surface area (Å²) in [4.78, 5) is 2.11. The van der Waals surface area contributed by atoms with Gasteiger partial charge in [0.05, 0.1) is 15.7 Å². The minimum atomic E-state index is -0.313. The van der Waals surface area contributed by atoms with Crippen LogP contribution in [0.25, 0.3) is 0 Å². The Hall–Kier alpha value is -1.08. The quantitative estimate of drug-likeness (QED) is 0.779. The van der Waals surface area contributed by atoms with Gasteiger partial charge < -0.3 is 4.90 Å². The Morgan fingerprint density at radius 2 is 2.10 bits per heavy atom. The van der Waals surface area contributed by atoms with Gasteiger partial charge in [0, 0.05) is 13.1 Å². The molecule has 1 aliphatic rings. The second-order valence-corrected chi connectivity index (χ2v) is 6.59. The molecule has 1 aliphatic heterocycles. The fourth-order valence-electron chi connectivity index (χ4n) is 2.90. The third kappa shape index (κ3) is 3.15. The Morgan fingerprint density at radius 1 is 1.35 bits per heavy atom. The second-order valence-electron chi connectivity index (χ2n) is 5.79. The molecule has 1 atom stereocenters. The molecule has 0 aromatic heterocycles. The molecule has 1 fully saturated rings. The van der Waals surface area contributed by atoms with Gasteiger partial charge in [0.1, 0.15) is 6.07 Å². The van der Waals surface area contributed by atoms with Crippen molar-refractivity contribution in [3.8, 4) is 6.07 Å². The zero-order valence-corrected chi connectivity index (χ0v) is 13.6. The van der Waals surface area contributed by atoms with E-state index in [0.29, 0.717) is 17.2 Å². The van der Waals surface area contributed by atoms with Gasteiger partial charge in [0.25, 0.3) is 0 Å². The van der Waals surface area contributed by atoms with Crippen molar-refractivity contribution in [2.75, 3.05) is 18.0 Å². The maximum Gasteiger partial charge on any atom is 0.161 e. The molecule has 1 unspecified atom stereocenters. The summed E-state index contributed by atoms with van der Waals surface area (Å²) in [6.07, 6.45) is 3.42. The van der Waals surface area contributed by atoms with Crippen LogP contribution in [-0.4, -0.2) is 13.1 Å². The highest BCUT2D eigenvalue weighted by Gasteiger charge is 2.22. The number of hydrogen-bond donors (Lipinski definition) is 0. The van der Waals surface area contributed by atoms with Gasteiger partial charge in [-0.1, -0.05) is 13.8 Å². The molecular formula is C16H20BrFN2. The summed E-state index contributed by atoms with van der Waals surface area (Å²) in [6, 6.07) is 5.41. The number of halogens is 2. The zero-order chi connectivity index (χ0) is 14.7. The molecule has 4 heteroatoms. The molecule has 0 saturated carbocycles. The minimum absolute atomic E-state index is 0.280. The minimum Gasteiger partial charge on any atom is -0.369 e. The van der Waals surface area contributed by atoms with Crippen molar-refractivity contribution >= 4 is 21.6 Å². The van der Waals surface area contributed by atoms with E-state index >= 15 is 0 Å². The first-order valence-corrected chi connectivity index (χ1v) is 7.97. The smallest absolute Gasteiger partial charge is 0.161 e. The third-order valence-corrected chi connectivity index (χ3v) is 5.01. The molecule has 1 aromatic carbocycles. The van der Waals surface area contributed by atoms with Gasteiger partial charge in [-0.3, -0.25) is 0 Å². The van der Waals surface area contributed by atoms with E-state index in [1.807, 2.05) is 6.07 Å². The number of anilines is 1. The molecule has 0 amide bonds. The lowest BCUT2D eigenvalue weighted by molar-refractivity contribution is 0.351. The number of hydrogen-bond acceptors (Lipinski definition) is 2. The van der Waals surface area contributed by atoms with E-state index in [-0.39, 0.29) is 10.3 Å². The lowest BCUT2D eigenvalue weighted by atomic mass is 9.89. The first kappa shape index (κ1) is 15.3. The van der Waals surface area contributed by atoms with Crippen LogP contribution >= 0.6 is 15.9 Å². The maximum atomic E-state index is 14.4. The topological polar surface area (TPSA) is 27.0 Å². The molecule has 20 heavy (non-hydrogen) atoms. The van der Waals surface area contributed by atoms with Crippen LogP contribution in [0.4, 0.5) is 10.1 Å². The highest BCUT2D eigenvalue weighted by atomic mass is 79.9. The average molecular weight is 339 g/mol. The summed E-state index contributed by atoms with van der Waals surface area (Å²) in [5.41, 5.74) is 0.960. The normalized spacial score (nSPS) is 19.8. The van der Waals surface area contributed by atoms with Crippen LogP contribution in [-0.2, 0) is 0 Å². The van der Waals surface area contributed by atoms with E-state index in [1.54, 1.807) is 12.1 Å². The van der Waals surface area contributed by atoms with E-state index in [2.05, 4.69) is 34.7 Å². The fraction of sp³-hybridized carbons (Fsp3) is 0.562. The summed E-state index contributed by atoms with van der Waals surface area (Å²) in [5, 5.41) is 8.92. The molecule has 2 nitrogen and oxygen atoms in total. The van der Waals surface area contributed by atoms with Crippen molar-refractivity contribution < 1.29 is 4.39 Å². The van der Waals surface area contributed by atoms with Crippen molar-refractivity contribution in [2.45, 2.75) is 33.1 Å². The van der Waals surface area contributed by atoms with E-state index in [9.17, 15) is 4.39 Å². The lowest BCUT2D eigenvalue weighted by Crippen LogP contribution is -2.25. The molecule has 108 valence electrons. The van der Waals surface area contributed by atoms with Crippen LogP contribution in [0.5, 0.6) is 0 Å². The van der Waals surface area contributed by atoms with Gasteiger partial charge in [-0.15, -0.1) is 0 Å². The van der Waals surface area contributed by atoms with Gasteiger partial charge in [-0.05, 0) is 59.2 Å². The first-order valence-electron chi connectivity index (χ1n) is 7.17. The maximum absolute atomic E-state index is 14.4. The molecule has 0 aliphatic carbocycles. The van der Waals surface area contributed by atoms with Crippen LogP contribution in [0.15, 0.2) is 16.6 Å². The van der Waals surface area contributed by atoms with Gasteiger partial charge in [0.15, 0.2) is 5.82 Å². The average Bonchev–Trinajstić information content (AvgIpc) is 2.67. The lowest BCUT2D eigenvalue weighted by Gasteiger charge is -2.24. The van der Waals surface area contributed by atoms with E-state index < -0.39 is 0 Å². The molecule has 0 radical (unpaired) electrons. The summed E-state index contributed by atoms with van der Waals surface area (Å²) in [6.45, 7) is 6.30. The standard InChI is InChI=1S/C16H20BrFN2/c1-11(2)12-4-3-8-20(9-7-12)14-6-5-13(10-19)15(17)16(14)18/h5-6,11-12H,3-4,7-9H2,1-2H3. The summed E-state index contributed by atoms with van der Waals surface area (Å²) in [5.74, 6) is 1.10. The van der Waals surface area contributed by atoms with Gasteiger partial charge in [-0.2, -0.15) is 5.26 Å². The predicted octanol–water partition coefficient (Wildman–Crippen LogP) is 4.72. The Kier molecular flexibility index (Phi) is 5.04. The van der Waals surface area contributed by atoms with Crippen molar-refractivity contribution in [3.05, 3.63) is 28.0 Å². The van der Waals surface area contributed by atoms with E-state index in [1.165, 1.54) is 6.42 Å². The molecule has 1 aromatic rings. The van der Waals surface area contributed by atoms with Crippen molar-refractivity contribution in [3.63, 3.8) is 0 Å². The first-order chi connectivity index (χ1) is 9.54. The second kappa shape index (κ2) is 6.58. The van der Waals surface area contributed by atoms with Gasteiger partial charge in [0.2, 0.25) is 0 Å². The third-order valence-electron chi connectivity index (χ3n) is 4.24. The van der Waals surface area contributed by atoms with Crippen LogP contribution in [0, 0.1) is 29.0 Å². The Balaban J connectivity index is 2.20. The molecule has 0 spiro atoms. The molecule has 0 N–H and O–H groups in total. The molecule has 2 rings (SSSR count). The Morgan fingerprint density at radius 3 is 2.75 bits per heavy atom. The number of nitriles is 1. The number of benzene rings is 1. The van der Waals surface area contributed by atoms with Crippen LogP contribution in [0.3, 0.4) is 0 Å². The molecule has 1 heterocycles. The molecule has 1 saturated heterocycles. The number of rotatable bonds is 2. The monoisotopic (exact) mass is 338 g/mol. The zero-order valence-electron chi connectivity index (χ0n) is 12.0. The Bertz CT molecular complexity index is 522. The summed E-state index contributed by atoms with van der Waals surface area (Å²) < 4.78 is 14.7. The van der Waals surface area contributed by atoms with Crippen LogP contribution in [0.1, 0.15) is 38.7 Å². The fourth-order valence-corrected chi connectivity index (χ4v) is 3.32. The Labute approximate surface area is 128 Å². The van der Waals surface area contributed by atoms with Gasteiger partial charge >= 0.3 is 0 Å². The molecular weight excluding hydrogens is 319 g/mol. The van der Waals surface area contributed by atoms with Gasteiger partial charge in [-0.25, -0.2) is 4.39 Å². The van der Waals surface area contributed by atoms with Crippen molar-refractivity contribution in [2.24, 2.45) is 11.8 Å². The SMILES string of the molecule is CC(C)C1CCCN(c2ccc(C#N)c(Br)c2F)CC1. The highest BCUT2D eigenvalue weighted by Crippen LogP contribution is 2.32. The van der Waals surface area contributed by atoms with Crippen LogP contribution in [0.2, 0.25) is 0 Å². The van der Waals surface area contributed by atoms with Crippen molar-refractivity contribution in [1.29, 1.82) is 5.26 Å². The van der Waals surface area contributed by atoms with E-state index in [0.717, 1.165) is 31.8 Å². The van der Waals surface area contributed by atoms with Crippen molar-refractivity contribution in [1.82, 2.24) is 0 Å². The van der Waals surface area contributed by atoms with Crippen LogP contribution < -0.4 is 4.90 Å². The predicted molar refractivity (Wildman–Crippen MR) is 83.2 cm³/mol. The largest absolute Gasteiger partial charge is 0.369 e. The molecule has 0 bridgehead atoms. The summed E-state index contributed by atoms with van der Waals surface area (Å²) in [7, 11) is 0.